The van der Waals surface area contributed by atoms with E-state index in [9.17, 15) is 0 Å². The van der Waals surface area contributed by atoms with Gasteiger partial charge in [-0.2, -0.15) is 0 Å². The van der Waals surface area contributed by atoms with E-state index < -0.39 is 5.79 Å². The molecule has 0 saturated carbocycles. The molecule has 1 heterocycles. The van der Waals surface area contributed by atoms with Crippen molar-refractivity contribution >= 4 is 0 Å². The Morgan fingerprint density at radius 1 is 1.18 bits per heavy atom. The summed E-state index contributed by atoms with van der Waals surface area (Å²) in [5.41, 5.74) is 2.76. The van der Waals surface area contributed by atoms with E-state index in [0.29, 0.717) is 13.2 Å². The van der Waals surface area contributed by atoms with Crippen molar-refractivity contribution in [1.29, 1.82) is 0 Å². The first-order valence-electron chi connectivity index (χ1n) is 6.28. The van der Waals surface area contributed by atoms with Gasteiger partial charge in [-0.15, -0.1) is 0 Å². The second-order valence-electron chi connectivity index (χ2n) is 4.91. The number of hydrogen-bond donors (Lipinski definition) is 0. The Bertz CT molecular complexity index is 314. The van der Waals surface area contributed by atoms with E-state index in [2.05, 4.69) is 32.9 Å². The summed E-state index contributed by atoms with van der Waals surface area (Å²) >= 11 is 0. The van der Waals surface area contributed by atoms with Crippen molar-refractivity contribution < 1.29 is 9.47 Å². The molecule has 0 amide bonds. The maximum atomic E-state index is 5.49. The third-order valence-electron chi connectivity index (χ3n) is 2.73. The van der Waals surface area contributed by atoms with E-state index in [0.717, 1.165) is 12.8 Å². The van der Waals surface area contributed by atoms with Crippen LogP contribution in [0, 0.1) is 0 Å². The molecular weight excluding hydrogens is 212 g/mol. The molecule has 0 radical (unpaired) electrons. The van der Waals surface area contributed by atoms with Gasteiger partial charge in [0.2, 0.25) is 0 Å². The minimum Gasteiger partial charge on any atom is -0.344 e. The molecule has 0 aliphatic carbocycles. The summed E-state index contributed by atoms with van der Waals surface area (Å²) in [5.74, 6) is -0.517. The fourth-order valence-corrected chi connectivity index (χ4v) is 1.69. The molecule has 1 fully saturated rings. The molecule has 0 unspecified atom stereocenters. The fraction of sp³-hybridized carbons (Fsp3) is 0.600. The van der Waals surface area contributed by atoms with Crippen molar-refractivity contribution in [2.24, 2.45) is 0 Å². The van der Waals surface area contributed by atoms with Gasteiger partial charge in [0.25, 0.3) is 0 Å². The smallest absolute Gasteiger partial charge is 0.185 e. The zero-order valence-corrected chi connectivity index (χ0v) is 11.5. The summed E-state index contributed by atoms with van der Waals surface area (Å²) in [6.45, 7) is 9.74. The van der Waals surface area contributed by atoms with Crippen LogP contribution in [-0.2, 0) is 9.47 Å². The molecule has 2 heteroatoms. The van der Waals surface area contributed by atoms with Crippen LogP contribution in [0.4, 0.5) is 0 Å². The average molecular weight is 236 g/mol. The first kappa shape index (κ1) is 14.2. The topological polar surface area (TPSA) is 18.5 Å². The Morgan fingerprint density at radius 3 is 2.41 bits per heavy atom. The SMILES string of the molecule is CC(C)=CCCC(C)=CC=CC1(C)OCCO1. The minimum absolute atomic E-state index is 0.517. The van der Waals surface area contributed by atoms with Crippen molar-refractivity contribution in [3.63, 3.8) is 0 Å². The normalized spacial score (nSPS) is 19.9. The van der Waals surface area contributed by atoms with E-state index >= 15 is 0 Å². The summed E-state index contributed by atoms with van der Waals surface area (Å²) in [5, 5.41) is 0. The van der Waals surface area contributed by atoms with E-state index in [1.54, 1.807) is 0 Å². The molecule has 96 valence electrons. The lowest BCUT2D eigenvalue weighted by atomic mass is 10.1. The third-order valence-corrected chi connectivity index (χ3v) is 2.73. The molecule has 0 atom stereocenters. The zero-order chi connectivity index (χ0) is 12.7. The van der Waals surface area contributed by atoms with Crippen LogP contribution in [0.1, 0.15) is 40.5 Å². The molecule has 1 saturated heterocycles. The fourth-order valence-electron chi connectivity index (χ4n) is 1.69. The first-order valence-corrected chi connectivity index (χ1v) is 6.28. The molecule has 1 rings (SSSR count). The van der Waals surface area contributed by atoms with Gasteiger partial charge in [0, 0.05) is 0 Å². The van der Waals surface area contributed by atoms with Crippen LogP contribution in [-0.4, -0.2) is 19.0 Å². The Kier molecular flexibility index (Phi) is 5.66. The van der Waals surface area contributed by atoms with Crippen LogP contribution in [0.3, 0.4) is 0 Å². The van der Waals surface area contributed by atoms with Gasteiger partial charge >= 0.3 is 0 Å². The maximum absolute atomic E-state index is 5.49. The van der Waals surface area contributed by atoms with Crippen molar-refractivity contribution in [2.75, 3.05) is 13.2 Å². The lowest BCUT2D eigenvalue weighted by Gasteiger charge is -2.16. The Balaban J connectivity index is 2.36. The highest BCUT2D eigenvalue weighted by molar-refractivity contribution is 5.14. The molecule has 2 nitrogen and oxygen atoms in total. The van der Waals surface area contributed by atoms with Gasteiger partial charge in [-0.05, 0) is 46.6 Å². The number of allylic oxidation sites excluding steroid dienone is 5. The predicted molar refractivity (Wildman–Crippen MR) is 71.9 cm³/mol. The molecule has 0 N–H and O–H groups in total. The molecule has 0 aromatic rings. The Hall–Kier alpha value is -0.860. The highest BCUT2D eigenvalue weighted by atomic mass is 16.7. The van der Waals surface area contributed by atoms with Gasteiger partial charge in [0.15, 0.2) is 5.79 Å². The molecular formula is C15H24O2. The average Bonchev–Trinajstić information content (AvgIpc) is 2.65. The van der Waals surface area contributed by atoms with Crippen LogP contribution < -0.4 is 0 Å². The summed E-state index contributed by atoms with van der Waals surface area (Å²) in [6.07, 6.45) is 10.6. The van der Waals surface area contributed by atoms with Gasteiger partial charge in [-0.3, -0.25) is 0 Å². The second kappa shape index (κ2) is 6.77. The van der Waals surface area contributed by atoms with Gasteiger partial charge < -0.3 is 9.47 Å². The van der Waals surface area contributed by atoms with Gasteiger partial charge in [-0.25, -0.2) is 0 Å². The molecule has 0 aromatic heterocycles. The molecule has 0 aromatic carbocycles. The van der Waals surface area contributed by atoms with E-state index in [4.69, 9.17) is 9.47 Å². The monoisotopic (exact) mass is 236 g/mol. The van der Waals surface area contributed by atoms with Gasteiger partial charge in [0.05, 0.1) is 13.2 Å². The molecule has 0 spiro atoms. The zero-order valence-electron chi connectivity index (χ0n) is 11.5. The summed E-state index contributed by atoms with van der Waals surface area (Å²) in [6, 6.07) is 0. The highest BCUT2D eigenvalue weighted by Crippen LogP contribution is 2.20. The lowest BCUT2D eigenvalue weighted by molar-refractivity contribution is -0.0996. The first-order chi connectivity index (χ1) is 8.02. The van der Waals surface area contributed by atoms with Crippen molar-refractivity contribution in [2.45, 2.75) is 46.3 Å². The van der Waals surface area contributed by atoms with Crippen LogP contribution in [0.5, 0.6) is 0 Å². The molecule has 17 heavy (non-hydrogen) atoms. The van der Waals surface area contributed by atoms with Gasteiger partial charge in [-0.1, -0.05) is 29.4 Å². The Morgan fingerprint density at radius 2 is 1.82 bits per heavy atom. The molecule has 1 aliphatic rings. The minimum atomic E-state index is -0.517. The summed E-state index contributed by atoms with van der Waals surface area (Å²) < 4.78 is 11.0. The lowest BCUT2D eigenvalue weighted by Crippen LogP contribution is -2.21. The van der Waals surface area contributed by atoms with Gasteiger partial charge in [0.1, 0.15) is 0 Å². The van der Waals surface area contributed by atoms with Crippen molar-refractivity contribution in [3.8, 4) is 0 Å². The second-order valence-corrected chi connectivity index (χ2v) is 4.91. The molecule has 0 bridgehead atoms. The van der Waals surface area contributed by atoms with Crippen LogP contribution in [0.2, 0.25) is 0 Å². The van der Waals surface area contributed by atoms with E-state index in [1.165, 1.54) is 11.1 Å². The number of rotatable bonds is 5. The van der Waals surface area contributed by atoms with E-state index in [1.807, 2.05) is 19.1 Å². The Labute approximate surface area is 105 Å². The van der Waals surface area contributed by atoms with Crippen molar-refractivity contribution in [1.82, 2.24) is 0 Å². The van der Waals surface area contributed by atoms with Crippen LogP contribution >= 0.6 is 0 Å². The number of ether oxygens (including phenoxy) is 2. The van der Waals surface area contributed by atoms with E-state index in [-0.39, 0.29) is 0 Å². The quantitative estimate of drug-likeness (QED) is 0.530. The summed E-state index contributed by atoms with van der Waals surface area (Å²) in [7, 11) is 0. The maximum Gasteiger partial charge on any atom is 0.185 e. The predicted octanol–water partition coefficient (Wildman–Crippen LogP) is 4.00. The largest absolute Gasteiger partial charge is 0.344 e. The van der Waals surface area contributed by atoms with Crippen molar-refractivity contribution in [3.05, 3.63) is 35.5 Å². The molecule has 1 aliphatic heterocycles. The van der Waals surface area contributed by atoms with Crippen LogP contribution in [0.25, 0.3) is 0 Å². The van der Waals surface area contributed by atoms with Crippen LogP contribution in [0.15, 0.2) is 35.5 Å². The third kappa shape index (κ3) is 5.85. The highest BCUT2D eigenvalue weighted by Gasteiger charge is 2.26. The number of hydrogen-bond acceptors (Lipinski definition) is 2. The summed E-state index contributed by atoms with van der Waals surface area (Å²) in [4.78, 5) is 0. The standard InChI is InChI=1S/C15H24O2/c1-13(2)7-5-8-14(3)9-6-10-15(4)16-11-12-17-15/h6-7,9-10H,5,8,11-12H2,1-4H3.